The maximum atomic E-state index is 12.6. The molecule has 0 spiro atoms. The summed E-state index contributed by atoms with van der Waals surface area (Å²) in [6.07, 6.45) is 3.67. The zero-order valence-corrected chi connectivity index (χ0v) is 18.2. The van der Waals surface area contributed by atoms with Crippen LogP contribution < -0.4 is 5.32 Å². The molecule has 0 aliphatic heterocycles. The maximum absolute atomic E-state index is 12.6. The summed E-state index contributed by atoms with van der Waals surface area (Å²) in [7, 11) is 0. The average Bonchev–Trinajstić information content (AvgIpc) is 3.33. The van der Waals surface area contributed by atoms with Crippen LogP contribution in [-0.4, -0.2) is 32.0 Å². The van der Waals surface area contributed by atoms with Crippen LogP contribution in [-0.2, 0) is 11.3 Å². The molecule has 0 saturated heterocycles. The molecular weight excluding hydrogens is 384 g/mol. The monoisotopic (exact) mass is 412 g/mol. The Morgan fingerprint density at radius 2 is 2.00 bits per heavy atom. The van der Waals surface area contributed by atoms with Gasteiger partial charge < -0.3 is 9.73 Å². The van der Waals surface area contributed by atoms with Crippen LogP contribution in [0.15, 0.2) is 52.2 Å². The molecule has 0 fully saturated rings. The van der Waals surface area contributed by atoms with Gasteiger partial charge in [-0.3, -0.25) is 9.36 Å². The van der Waals surface area contributed by atoms with Crippen molar-refractivity contribution in [2.75, 3.05) is 0 Å². The van der Waals surface area contributed by atoms with E-state index >= 15 is 0 Å². The summed E-state index contributed by atoms with van der Waals surface area (Å²) in [6.45, 7) is 8.61. The molecule has 154 valence electrons. The van der Waals surface area contributed by atoms with Crippen molar-refractivity contribution in [3.8, 4) is 11.4 Å². The van der Waals surface area contributed by atoms with Gasteiger partial charge in [-0.05, 0) is 44.9 Å². The lowest BCUT2D eigenvalue weighted by Gasteiger charge is -2.17. The fraction of sp³-hybridized carbons (Fsp3) is 0.409. The van der Waals surface area contributed by atoms with Gasteiger partial charge in [0, 0.05) is 11.6 Å². The lowest BCUT2D eigenvalue weighted by molar-refractivity contribution is -0.120. The summed E-state index contributed by atoms with van der Waals surface area (Å²) in [5.74, 6) is 1.60. The predicted molar refractivity (Wildman–Crippen MR) is 116 cm³/mol. The molecule has 0 radical (unpaired) electrons. The number of nitrogens with one attached hydrogen (secondary N) is 1. The second-order valence-electron chi connectivity index (χ2n) is 7.25. The van der Waals surface area contributed by atoms with Crippen molar-refractivity contribution in [2.45, 2.75) is 63.5 Å². The van der Waals surface area contributed by atoms with E-state index in [0.29, 0.717) is 11.7 Å². The minimum atomic E-state index is -0.279. The lowest BCUT2D eigenvalue weighted by atomic mass is 10.1. The van der Waals surface area contributed by atoms with E-state index in [-0.39, 0.29) is 17.2 Å². The van der Waals surface area contributed by atoms with E-state index in [2.05, 4.69) is 35.4 Å². The van der Waals surface area contributed by atoms with E-state index in [9.17, 15) is 4.79 Å². The minimum Gasteiger partial charge on any atom is -0.467 e. The van der Waals surface area contributed by atoms with Gasteiger partial charge in [0.05, 0.1) is 18.1 Å². The Balaban J connectivity index is 1.86. The Morgan fingerprint density at radius 1 is 1.21 bits per heavy atom. The van der Waals surface area contributed by atoms with Crippen molar-refractivity contribution in [2.24, 2.45) is 0 Å². The van der Waals surface area contributed by atoms with Crippen molar-refractivity contribution < 1.29 is 9.21 Å². The molecule has 0 bridgehead atoms. The quantitative estimate of drug-likeness (QED) is 0.517. The SMILES string of the molecule is CCCC(C)NC(=O)C(C)Sc1nnc(-c2ccccc2C)n1Cc1ccco1. The largest absolute Gasteiger partial charge is 0.467 e. The fourth-order valence-electron chi connectivity index (χ4n) is 3.18. The number of thioether (sulfide) groups is 1. The van der Waals surface area contributed by atoms with E-state index in [1.54, 1.807) is 6.26 Å². The van der Waals surface area contributed by atoms with Crippen LogP contribution in [0.3, 0.4) is 0 Å². The van der Waals surface area contributed by atoms with E-state index in [4.69, 9.17) is 4.42 Å². The number of amides is 1. The van der Waals surface area contributed by atoms with Crippen molar-refractivity contribution in [1.82, 2.24) is 20.1 Å². The van der Waals surface area contributed by atoms with Crippen molar-refractivity contribution in [3.63, 3.8) is 0 Å². The highest BCUT2D eigenvalue weighted by atomic mass is 32.2. The molecule has 1 amide bonds. The van der Waals surface area contributed by atoms with Crippen LogP contribution in [0.4, 0.5) is 0 Å². The predicted octanol–water partition coefficient (Wildman–Crippen LogP) is 4.68. The second-order valence-corrected chi connectivity index (χ2v) is 8.55. The first kappa shape index (κ1) is 21.2. The number of carbonyl (C=O) groups is 1. The summed E-state index contributed by atoms with van der Waals surface area (Å²) < 4.78 is 7.57. The zero-order chi connectivity index (χ0) is 20.8. The molecule has 1 aromatic carbocycles. The molecule has 7 heteroatoms. The molecule has 0 aliphatic carbocycles. The number of hydrogen-bond acceptors (Lipinski definition) is 5. The number of benzene rings is 1. The Hall–Kier alpha value is -2.54. The van der Waals surface area contributed by atoms with Crippen molar-refractivity contribution in [3.05, 3.63) is 54.0 Å². The number of hydrogen-bond donors (Lipinski definition) is 1. The van der Waals surface area contributed by atoms with Crippen LogP contribution in [0, 0.1) is 6.92 Å². The number of rotatable bonds is 9. The van der Waals surface area contributed by atoms with Gasteiger partial charge in [0.1, 0.15) is 5.76 Å². The van der Waals surface area contributed by atoms with Gasteiger partial charge in [0.25, 0.3) is 0 Å². The first-order chi connectivity index (χ1) is 14.0. The first-order valence-electron chi connectivity index (χ1n) is 9.98. The molecule has 0 aliphatic rings. The molecule has 3 aromatic rings. The molecule has 2 atom stereocenters. The molecule has 29 heavy (non-hydrogen) atoms. The van der Waals surface area contributed by atoms with Gasteiger partial charge in [-0.2, -0.15) is 0 Å². The molecule has 3 rings (SSSR count). The van der Waals surface area contributed by atoms with Crippen LogP contribution in [0.1, 0.15) is 44.9 Å². The summed E-state index contributed by atoms with van der Waals surface area (Å²) in [5, 5.41) is 12.4. The summed E-state index contributed by atoms with van der Waals surface area (Å²) in [4.78, 5) is 12.6. The highest BCUT2D eigenvalue weighted by Crippen LogP contribution is 2.29. The average molecular weight is 413 g/mol. The highest BCUT2D eigenvalue weighted by Gasteiger charge is 2.22. The lowest BCUT2D eigenvalue weighted by Crippen LogP contribution is -2.37. The molecule has 0 saturated carbocycles. The Morgan fingerprint density at radius 3 is 2.69 bits per heavy atom. The van der Waals surface area contributed by atoms with Crippen LogP contribution in [0.2, 0.25) is 0 Å². The zero-order valence-electron chi connectivity index (χ0n) is 17.4. The highest BCUT2D eigenvalue weighted by molar-refractivity contribution is 8.00. The van der Waals surface area contributed by atoms with Gasteiger partial charge in [0.15, 0.2) is 11.0 Å². The van der Waals surface area contributed by atoms with Crippen LogP contribution >= 0.6 is 11.8 Å². The fourth-order valence-corrected chi connectivity index (χ4v) is 4.03. The molecule has 1 N–H and O–H groups in total. The van der Waals surface area contributed by atoms with E-state index in [0.717, 1.165) is 35.6 Å². The number of furan rings is 1. The topological polar surface area (TPSA) is 73.0 Å². The summed E-state index contributed by atoms with van der Waals surface area (Å²) >= 11 is 1.42. The first-order valence-corrected chi connectivity index (χ1v) is 10.9. The number of nitrogens with zero attached hydrogens (tertiary/aromatic N) is 3. The Labute approximate surface area is 176 Å². The third-order valence-electron chi connectivity index (χ3n) is 4.76. The third kappa shape index (κ3) is 5.29. The van der Waals surface area contributed by atoms with Gasteiger partial charge in [0.2, 0.25) is 5.91 Å². The maximum Gasteiger partial charge on any atom is 0.233 e. The minimum absolute atomic E-state index is 0.0148. The Kier molecular flexibility index (Phi) is 7.14. The number of aryl methyl sites for hydroxylation is 1. The molecule has 2 unspecified atom stereocenters. The van der Waals surface area contributed by atoms with E-state index < -0.39 is 0 Å². The van der Waals surface area contributed by atoms with Crippen molar-refractivity contribution >= 4 is 17.7 Å². The normalized spacial score (nSPS) is 13.2. The van der Waals surface area contributed by atoms with E-state index in [1.807, 2.05) is 48.7 Å². The van der Waals surface area contributed by atoms with E-state index in [1.165, 1.54) is 11.8 Å². The molecular formula is C22H28N4O2S. The molecule has 2 heterocycles. The third-order valence-corrected chi connectivity index (χ3v) is 5.84. The van der Waals surface area contributed by atoms with Gasteiger partial charge in [-0.15, -0.1) is 10.2 Å². The second kappa shape index (κ2) is 9.78. The van der Waals surface area contributed by atoms with Crippen LogP contribution in [0.5, 0.6) is 0 Å². The standard InChI is InChI=1S/C22H28N4O2S/c1-5-9-16(3)23-21(27)17(4)29-22-25-24-20(19-12-7-6-10-15(19)2)26(22)14-18-11-8-13-28-18/h6-8,10-13,16-17H,5,9,14H2,1-4H3,(H,23,27). The number of aromatic nitrogens is 3. The molecule has 6 nitrogen and oxygen atoms in total. The molecule has 2 aromatic heterocycles. The van der Waals surface area contributed by atoms with Gasteiger partial charge in [-0.25, -0.2) is 0 Å². The number of carbonyl (C=O) groups excluding carboxylic acids is 1. The summed E-state index contributed by atoms with van der Waals surface area (Å²) in [5.41, 5.74) is 2.14. The van der Waals surface area contributed by atoms with Crippen molar-refractivity contribution in [1.29, 1.82) is 0 Å². The summed E-state index contributed by atoms with van der Waals surface area (Å²) in [6, 6.07) is 12.1. The van der Waals surface area contributed by atoms with Crippen LogP contribution in [0.25, 0.3) is 11.4 Å². The van der Waals surface area contributed by atoms with Gasteiger partial charge >= 0.3 is 0 Å². The Bertz CT molecular complexity index is 936. The smallest absolute Gasteiger partial charge is 0.233 e. The van der Waals surface area contributed by atoms with Gasteiger partial charge in [-0.1, -0.05) is 49.4 Å².